The minimum Gasteiger partial charge on any atom is -0.369 e. The van der Waals surface area contributed by atoms with Crippen LogP contribution in [0.5, 0.6) is 0 Å². The van der Waals surface area contributed by atoms with Crippen molar-refractivity contribution >= 4 is 28.9 Å². The summed E-state index contributed by atoms with van der Waals surface area (Å²) in [4.78, 5) is 2.25. The first-order valence-electron chi connectivity index (χ1n) is 6.12. The number of halogens is 2. The topological polar surface area (TPSA) is 29.0 Å². The molecule has 0 aliphatic rings. The molecule has 0 aliphatic carbocycles. The predicted molar refractivity (Wildman–Crippen MR) is 74.1 cm³/mol. The van der Waals surface area contributed by atoms with Crippen LogP contribution in [0, 0.1) is 0 Å². The van der Waals surface area contributed by atoms with Crippen LogP contribution in [-0.4, -0.2) is 23.3 Å². The molecule has 0 spiro atoms. The van der Waals surface area contributed by atoms with Crippen molar-refractivity contribution in [3.05, 3.63) is 16.4 Å². The van der Waals surface area contributed by atoms with Crippen molar-refractivity contribution in [3.63, 3.8) is 0 Å². The lowest BCUT2D eigenvalue weighted by molar-refractivity contribution is 0.676. The molecule has 0 fully saturated rings. The molecule has 0 amide bonds. The Balaban J connectivity index is 2.82. The monoisotopic (exact) mass is 275 g/mol. The van der Waals surface area contributed by atoms with E-state index in [2.05, 4.69) is 28.9 Å². The average Bonchev–Trinajstić information content (AvgIpc) is 2.33. The van der Waals surface area contributed by atoms with Gasteiger partial charge in [-0.05, 0) is 12.8 Å². The Morgan fingerprint density at radius 3 is 2.18 bits per heavy atom. The third-order valence-corrected chi connectivity index (χ3v) is 3.06. The highest BCUT2D eigenvalue weighted by atomic mass is 35.5. The standard InChI is InChI=1S/C12H19Cl2N3/c1-3-5-7-17(8-6-4-2)10-9-11(13)15-16-12(10)14/h9H,3-8H2,1-2H3. The lowest BCUT2D eigenvalue weighted by Gasteiger charge is -2.24. The molecule has 0 aromatic carbocycles. The van der Waals surface area contributed by atoms with Gasteiger partial charge in [0.25, 0.3) is 0 Å². The van der Waals surface area contributed by atoms with Crippen LogP contribution in [0.15, 0.2) is 6.07 Å². The molecule has 1 aromatic rings. The minimum absolute atomic E-state index is 0.391. The Morgan fingerprint density at radius 1 is 1.06 bits per heavy atom. The summed E-state index contributed by atoms with van der Waals surface area (Å²) >= 11 is 11.9. The first kappa shape index (κ1) is 14.5. The second-order valence-corrected chi connectivity index (χ2v) is 4.78. The normalized spacial score (nSPS) is 10.6. The maximum atomic E-state index is 6.07. The van der Waals surface area contributed by atoms with E-state index in [1.165, 1.54) is 0 Å². The quantitative estimate of drug-likeness (QED) is 0.747. The molecule has 1 aromatic heterocycles. The van der Waals surface area contributed by atoms with E-state index in [1.807, 2.05) is 0 Å². The zero-order chi connectivity index (χ0) is 12.7. The molecule has 0 aliphatic heterocycles. The fourth-order valence-electron chi connectivity index (χ4n) is 1.62. The van der Waals surface area contributed by atoms with Crippen LogP contribution in [0.1, 0.15) is 39.5 Å². The molecule has 96 valence electrons. The van der Waals surface area contributed by atoms with Crippen molar-refractivity contribution in [2.24, 2.45) is 0 Å². The lowest BCUT2D eigenvalue weighted by Crippen LogP contribution is -2.26. The van der Waals surface area contributed by atoms with Crippen LogP contribution < -0.4 is 4.90 Å². The van der Waals surface area contributed by atoms with Gasteiger partial charge in [-0.3, -0.25) is 0 Å². The molecule has 0 saturated carbocycles. The van der Waals surface area contributed by atoms with Crippen molar-refractivity contribution in [1.82, 2.24) is 10.2 Å². The summed E-state index contributed by atoms with van der Waals surface area (Å²) in [6, 6.07) is 1.79. The summed E-state index contributed by atoms with van der Waals surface area (Å²) in [5.41, 5.74) is 0.897. The van der Waals surface area contributed by atoms with E-state index < -0.39 is 0 Å². The van der Waals surface area contributed by atoms with Gasteiger partial charge in [0.2, 0.25) is 0 Å². The largest absolute Gasteiger partial charge is 0.369 e. The average molecular weight is 276 g/mol. The van der Waals surface area contributed by atoms with E-state index in [0.29, 0.717) is 10.3 Å². The highest BCUT2D eigenvalue weighted by Gasteiger charge is 2.12. The van der Waals surface area contributed by atoms with Crippen molar-refractivity contribution in [3.8, 4) is 0 Å². The minimum atomic E-state index is 0.391. The van der Waals surface area contributed by atoms with Crippen LogP contribution in [0.4, 0.5) is 5.69 Å². The van der Waals surface area contributed by atoms with Gasteiger partial charge in [-0.1, -0.05) is 49.9 Å². The smallest absolute Gasteiger partial charge is 0.175 e. The lowest BCUT2D eigenvalue weighted by atomic mass is 10.2. The summed E-state index contributed by atoms with van der Waals surface area (Å²) in [5.74, 6) is 0. The number of anilines is 1. The van der Waals surface area contributed by atoms with Crippen LogP contribution in [0.2, 0.25) is 10.3 Å². The summed E-state index contributed by atoms with van der Waals surface area (Å²) in [6.45, 7) is 6.32. The van der Waals surface area contributed by atoms with Gasteiger partial charge in [-0.2, -0.15) is 0 Å². The Morgan fingerprint density at radius 2 is 1.65 bits per heavy atom. The van der Waals surface area contributed by atoms with E-state index in [0.717, 1.165) is 44.5 Å². The molecule has 0 atom stereocenters. The molecule has 0 N–H and O–H groups in total. The zero-order valence-corrected chi connectivity index (χ0v) is 11.9. The second kappa shape index (κ2) is 7.72. The van der Waals surface area contributed by atoms with Crippen molar-refractivity contribution < 1.29 is 0 Å². The SMILES string of the molecule is CCCCN(CCCC)c1cc(Cl)nnc1Cl. The van der Waals surface area contributed by atoms with E-state index in [9.17, 15) is 0 Å². The molecular formula is C12H19Cl2N3. The number of hydrogen-bond acceptors (Lipinski definition) is 3. The predicted octanol–water partition coefficient (Wildman–Crippen LogP) is 4.19. The maximum Gasteiger partial charge on any atom is 0.175 e. The molecule has 1 rings (SSSR count). The van der Waals surface area contributed by atoms with Gasteiger partial charge in [0, 0.05) is 19.2 Å². The fourth-order valence-corrected chi connectivity index (χ4v) is 1.97. The molecule has 0 unspecified atom stereocenters. The summed E-state index contributed by atoms with van der Waals surface area (Å²) in [5, 5.41) is 8.42. The number of unbranched alkanes of at least 4 members (excludes halogenated alkanes) is 2. The number of rotatable bonds is 7. The van der Waals surface area contributed by atoms with E-state index in [4.69, 9.17) is 23.2 Å². The Labute approximate surface area is 113 Å². The van der Waals surface area contributed by atoms with Gasteiger partial charge in [0.1, 0.15) is 0 Å². The Bertz CT molecular complexity index is 337. The van der Waals surface area contributed by atoms with Crippen molar-refractivity contribution in [1.29, 1.82) is 0 Å². The van der Waals surface area contributed by atoms with Gasteiger partial charge in [-0.25, -0.2) is 0 Å². The Hall–Kier alpha value is -0.540. The third-order valence-electron chi connectivity index (χ3n) is 2.60. The highest BCUT2D eigenvalue weighted by Crippen LogP contribution is 2.26. The number of aromatic nitrogens is 2. The maximum absolute atomic E-state index is 6.07. The van der Waals surface area contributed by atoms with Crippen LogP contribution in [0.3, 0.4) is 0 Å². The number of nitrogens with zero attached hydrogens (tertiary/aromatic N) is 3. The fraction of sp³-hybridized carbons (Fsp3) is 0.667. The second-order valence-electron chi connectivity index (χ2n) is 4.04. The van der Waals surface area contributed by atoms with E-state index in [1.54, 1.807) is 6.07 Å². The van der Waals surface area contributed by atoms with Gasteiger partial charge in [0.15, 0.2) is 10.3 Å². The third kappa shape index (κ3) is 4.68. The molecule has 3 nitrogen and oxygen atoms in total. The van der Waals surface area contributed by atoms with Gasteiger partial charge in [-0.15, -0.1) is 10.2 Å². The van der Waals surface area contributed by atoms with Gasteiger partial charge < -0.3 is 4.90 Å². The van der Waals surface area contributed by atoms with Gasteiger partial charge in [0.05, 0.1) is 5.69 Å². The molecule has 17 heavy (non-hydrogen) atoms. The summed E-state index contributed by atoms with van der Waals surface area (Å²) in [6.07, 6.45) is 4.60. The first-order valence-corrected chi connectivity index (χ1v) is 6.88. The van der Waals surface area contributed by atoms with Gasteiger partial charge >= 0.3 is 0 Å². The molecule has 0 radical (unpaired) electrons. The summed E-state index contributed by atoms with van der Waals surface area (Å²) in [7, 11) is 0. The number of hydrogen-bond donors (Lipinski definition) is 0. The zero-order valence-electron chi connectivity index (χ0n) is 10.4. The highest BCUT2D eigenvalue weighted by molar-refractivity contribution is 6.33. The first-order chi connectivity index (χ1) is 8.19. The van der Waals surface area contributed by atoms with Crippen molar-refractivity contribution in [2.45, 2.75) is 39.5 Å². The Kier molecular flexibility index (Phi) is 6.60. The molecule has 0 saturated heterocycles. The van der Waals surface area contributed by atoms with Crippen LogP contribution in [-0.2, 0) is 0 Å². The molecule has 0 bridgehead atoms. The summed E-state index contributed by atoms with van der Waals surface area (Å²) < 4.78 is 0. The van der Waals surface area contributed by atoms with E-state index in [-0.39, 0.29) is 0 Å². The van der Waals surface area contributed by atoms with Crippen LogP contribution >= 0.6 is 23.2 Å². The van der Waals surface area contributed by atoms with E-state index >= 15 is 0 Å². The van der Waals surface area contributed by atoms with Crippen LogP contribution in [0.25, 0.3) is 0 Å². The molecule has 1 heterocycles. The molecular weight excluding hydrogens is 257 g/mol. The van der Waals surface area contributed by atoms with Crippen molar-refractivity contribution in [2.75, 3.05) is 18.0 Å². The molecule has 5 heteroatoms.